The second-order valence-electron chi connectivity index (χ2n) is 14.8. The molecule has 7 rings (SSSR count). The normalized spacial score (nSPS) is 22.9. The minimum Gasteiger partial charge on any atom is -0.453 e. The smallest absolute Gasteiger partial charge is 0.303 e. The van der Waals surface area contributed by atoms with Gasteiger partial charge in [-0.05, 0) is 59.7 Å². The predicted octanol–water partition coefficient (Wildman–Crippen LogP) is 5.63. The molecule has 3 aliphatic rings. The third-order valence-corrected chi connectivity index (χ3v) is 11.3. The molecule has 4 aromatic rings. The Kier molecular flexibility index (Phi) is 11.6. The van der Waals surface area contributed by atoms with Crippen molar-refractivity contribution in [2.45, 2.75) is 76.9 Å². The summed E-state index contributed by atoms with van der Waals surface area (Å²) in [6, 6.07) is 34.1. The number of nitrogens with one attached hydrogen (secondary N) is 2. The average molecular weight is 747 g/mol. The maximum atomic E-state index is 13.3. The Bertz CT molecular complexity index is 1950. The fraction of sp³-hybridized carbons (Fsp3) is 0.386. The number of hydrogen-bond donors (Lipinski definition) is 3. The topological polar surface area (TPSA) is 130 Å². The third-order valence-electron chi connectivity index (χ3n) is 11.3. The fourth-order valence-electron chi connectivity index (χ4n) is 8.13. The summed E-state index contributed by atoms with van der Waals surface area (Å²) in [5, 5.41) is 15.7. The molecule has 11 nitrogen and oxygen atoms in total. The highest BCUT2D eigenvalue weighted by atomic mass is 16.7. The average Bonchev–Trinajstić information content (AvgIpc) is 3.53. The number of ether oxygens (including phenoxy) is 3. The van der Waals surface area contributed by atoms with Gasteiger partial charge in [0.2, 0.25) is 5.91 Å². The Morgan fingerprint density at radius 2 is 1.60 bits per heavy atom. The number of aliphatic hydroxyl groups is 1. The van der Waals surface area contributed by atoms with Crippen molar-refractivity contribution in [2.75, 3.05) is 31.2 Å². The molecule has 3 saturated heterocycles. The van der Waals surface area contributed by atoms with E-state index in [1.54, 1.807) is 6.92 Å². The summed E-state index contributed by atoms with van der Waals surface area (Å²) in [6.07, 6.45) is -0.471. The van der Waals surface area contributed by atoms with E-state index in [9.17, 15) is 19.5 Å². The minimum absolute atomic E-state index is 0.0210. The molecule has 3 heterocycles. The highest BCUT2D eigenvalue weighted by Crippen LogP contribution is 2.43. The lowest BCUT2D eigenvalue weighted by Gasteiger charge is -2.46. The van der Waals surface area contributed by atoms with E-state index >= 15 is 0 Å². The molecule has 0 aliphatic carbocycles. The zero-order valence-electron chi connectivity index (χ0n) is 31.6. The van der Waals surface area contributed by atoms with Gasteiger partial charge in [0, 0.05) is 50.3 Å². The Morgan fingerprint density at radius 3 is 2.29 bits per heavy atom. The van der Waals surface area contributed by atoms with Crippen LogP contribution in [0.1, 0.15) is 68.3 Å². The van der Waals surface area contributed by atoms with Crippen LogP contribution in [0.2, 0.25) is 0 Å². The zero-order valence-corrected chi connectivity index (χ0v) is 31.6. The number of nitrogens with zero attached hydrogens (tertiary/aromatic N) is 2. The lowest BCUT2D eigenvalue weighted by atomic mass is 9.84. The van der Waals surface area contributed by atoms with Gasteiger partial charge < -0.3 is 39.8 Å². The van der Waals surface area contributed by atoms with Crippen molar-refractivity contribution >= 4 is 23.5 Å². The first-order valence-corrected chi connectivity index (χ1v) is 19.1. The number of likely N-dealkylation sites (tertiary alicyclic amines) is 1. The number of carbonyl (C=O) groups is 3. The molecule has 4 aromatic carbocycles. The lowest BCUT2D eigenvalue weighted by molar-refractivity contribution is -0.276. The van der Waals surface area contributed by atoms with E-state index in [-0.39, 0.29) is 43.1 Å². The predicted molar refractivity (Wildman–Crippen MR) is 208 cm³/mol. The molecule has 1 spiro atoms. The molecule has 5 unspecified atom stereocenters. The van der Waals surface area contributed by atoms with Crippen LogP contribution < -0.4 is 15.5 Å². The van der Waals surface area contributed by atoms with Crippen molar-refractivity contribution in [2.24, 2.45) is 5.92 Å². The van der Waals surface area contributed by atoms with Gasteiger partial charge >= 0.3 is 5.97 Å². The van der Waals surface area contributed by atoms with Crippen molar-refractivity contribution in [3.8, 4) is 11.1 Å². The van der Waals surface area contributed by atoms with Gasteiger partial charge in [-0.1, -0.05) is 97.9 Å². The first-order valence-electron chi connectivity index (χ1n) is 19.1. The molecule has 3 N–H and O–H groups in total. The number of amides is 2. The van der Waals surface area contributed by atoms with Gasteiger partial charge in [-0.2, -0.15) is 0 Å². The summed E-state index contributed by atoms with van der Waals surface area (Å²) in [5.74, 6) is -0.746. The molecule has 11 heteroatoms. The van der Waals surface area contributed by atoms with Crippen LogP contribution in [0, 0.1) is 5.92 Å². The Labute approximate surface area is 322 Å². The van der Waals surface area contributed by atoms with E-state index in [2.05, 4.69) is 39.5 Å². The summed E-state index contributed by atoms with van der Waals surface area (Å²) < 4.78 is 18.6. The second kappa shape index (κ2) is 16.7. The third kappa shape index (κ3) is 8.30. The number of esters is 1. The van der Waals surface area contributed by atoms with Crippen LogP contribution in [0.3, 0.4) is 0 Å². The van der Waals surface area contributed by atoms with Crippen LogP contribution in [0.5, 0.6) is 0 Å². The lowest BCUT2D eigenvalue weighted by Crippen LogP contribution is -2.57. The molecule has 2 amide bonds. The maximum Gasteiger partial charge on any atom is 0.303 e. The van der Waals surface area contributed by atoms with Crippen molar-refractivity contribution in [1.82, 2.24) is 15.5 Å². The monoisotopic (exact) mass is 746 g/mol. The molecule has 5 atom stereocenters. The van der Waals surface area contributed by atoms with E-state index in [0.717, 1.165) is 65.0 Å². The highest BCUT2D eigenvalue weighted by molar-refractivity contribution is 5.93. The number of rotatable bonds is 11. The summed E-state index contributed by atoms with van der Waals surface area (Å²) in [5.41, 5.74) is 6.12. The van der Waals surface area contributed by atoms with Crippen LogP contribution in [0.25, 0.3) is 11.1 Å². The molecule has 0 saturated carbocycles. The Morgan fingerprint density at radius 1 is 0.927 bits per heavy atom. The molecule has 55 heavy (non-hydrogen) atoms. The standard InChI is InChI=1S/C44H50N4O7/c1-29-39(26-47-23-21-44(22-24-47)43(52)46-28-48(44)37-10-5-4-6-11-37)54-42(55-40(29)34-15-13-32(27-49)14-16-34)35-19-17-33(18-20-35)38-12-8-7-9-36(38)25-45-41(51)30(2)53-31(3)50/h4-20,29-30,39-40,42,49H,21-28H2,1-3H3,(H,45,51)(H,46,52). The molecule has 3 aliphatic heterocycles. The summed E-state index contributed by atoms with van der Waals surface area (Å²) >= 11 is 0. The van der Waals surface area contributed by atoms with E-state index in [1.165, 1.54) is 6.92 Å². The van der Waals surface area contributed by atoms with Gasteiger partial charge in [-0.25, -0.2) is 0 Å². The quantitative estimate of drug-likeness (QED) is 0.167. The maximum absolute atomic E-state index is 13.3. The van der Waals surface area contributed by atoms with Gasteiger partial charge in [-0.3, -0.25) is 14.4 Å². The van der Waals surface area contributed by atoms with Crippen molar-refractivity contribution in [3.63, 3.8) is 0 Å². The number of hydrogen-bond acceptors (Lipinski definition) is 9. The fourth-order valence-corrected chi connectivity index (χ4v) is 8.13. The summed E-state index contributed by atoms with van der Waals surface area (Å²) in [4.78, 5) is 41.8. The van der Waals surface area contributed by atoms with Crippen LogP contribution in [0.4, 0.5) is 5.69 Å². The molecular weight excluding hydrogens is 697 g/mol. The zero-order chi connectivity index (χ0) is 38.5. The van der Waals surface area contributed by atoms with E-state index in [1.807, 2.05) is 91.0 Å². The van der Waals surface area contributed by atoms with E-state index in [0.29, 0.717) is 13.2 Å². The molecule has 0 radical (unpaired) electrons. The van der Waals surface area contributed by atoms with Crippen molar-refractivity contribution in [3.05, 3.63) is 125 Å². The number of para-hydroxylation sites is 1. The van der Waals surface area contributed by atoms with Gasteiger partial charge in [0.1, 0.15) is 5.54 Å². The largest absolute Gasteiger partial charge is 0.453 e. The van der Waals surface area contributed by atoms with Gasteiger partial charge in [0.25, 0.3) is 5.91 Å². The first kappa shape index (κ1) is 38.2. The Hall–Kier alpha value is -5.07. The van der Waals surface area contributed by atoms with Gasteiger partial charge in [-0.15, -0.1) is 0 Å². The molecule has 3 fully saturated rings. The van der Waals surface area contributed by atoms with E-state index < -0.39 is 23.9 Å². The summed E-state index contributed by atoms with van der Waals surface area (Å²) in [6.45, 7) is 7.99. The van der Waals surface area contributed by atoms with E-state index in [4.69, 9.17) is 14.2 Å². The number of aliphatic hydroxyl groups excluding tert-OH is 1. The molecule has 0 bridgehead atoms. The number of benzene rings is 4. The second-order valence-corrected chi connectivity index (χ2v) is 14.8. The minimum atomic E-state index is -0.882. The molecular formula is C44H50N4O7. The highest BCUT2D eigenvalue weighted by Gasteiger charge is 2.51. The number of piperidine rings is 1. The first-order chi connectivity index (χ1) is 26.6. The van der Waals surface area contributed by atoms with Crippen LogP contribution >= 0.6 is 0 Å². The SMILES string of the molecule is CC(=O)OC(C)C(=O)NCc1ccccc1-c1ccc(C2OC(CN3CCC4(CC3)C(=O)NCN4c3ccccc3)C(C)C(c3ccc(CO)cc3)O2)cc1. The van der Waals surface area contributed by atoms with Crippen LogP contribution in [-0.4, -0.2) is 71.8 Å². The van der Waals surface area contributed by atoms with Crippen molar-refractivity contribution < 1.29 is 33.7 Å². The summed E-state index contributed by atoms with van der Waals surface area (Å²) in [7, 11) is 0. The Balaban J connectivity index is 1.08. The molecule has 288 valence electrons. The molecule has 0 aromatic heterocycles. The van der Waals surface area contributed by atoms with Gasteiger partial charge in [0.05, 0.1) is 25.5 Å². The van der Waals surface area contributed by atoms with Gasteiger partial charge in [0.15, 0.2) is 12.4 Å². The van der Waals surface area contributed by atoms with Crippen LogP contribution in [0.15, 0.2) is 103 Å². The van der Waals surface area contributed by atoms with Crippen molar-refractivity contribution in [1.29, 1.82) is 0 Å². The number of carbonyl (C=O) groups excluding carboxylic acids is 3. The van der Waals surface area contributed by atoms with Crippen LogP contribution in [-0.2, 0) is 41.7 Å². The number of anilines is 1.